The van der Waals surface area contributed by atoms with Gasteiger partial charge in [-0.1, -0.05) is 98.0 Å². The Kier molecular flexibility index (Phi) is 11.7. The first-order chi connectivity index (χ1) is 26.7. The number of nitrogens with one attached hydrogen (secondary N) is 1. The van der Waals surface area contributed by atoms with Gasteiger partial charge in [0, 0.05) is 35.6 Å². The van der Waals surface area contributed by atoms with Crippen molar-refractivity contribution in [3.8, 4) is 5.75 Å². The smallest absolute Gasteiger partial charge is 0.430 e. The number of halogens is 6. The predicted molar refractivity (Wildman–Crippen MR) is 197 cm³/mol. The highest BCUT2D eigenvalue weighted by Crippen LogP contribution is 2.51. The van der Waals surface area contributed by atoms with Crippen LogP contribution in [0.15, 0.2) is 96.5 Å². The predicted octanol–water partition coefficient (Wildman–Crippen LogP) is 9.03. The van der Waals surface area contributed by atoms with Crippen molar-refractivity contribution in [1.82, 2.24) is 10.2 Å². The highest BCUT2D eigenvalue weighted by Gasteiger charge is 2.71. The molecule has 2 heterocycles. The molecule has 0 spiro atoms. The maximum Gasteiger partial charge on any atom is 0.430 e. The van der Waals surface area contributed by atoms with Crippen LogP contribution < -0.4 is 10.1 Å². The van der Waals surface area contributed by atoms with Crippen LogP contribution in [0, 0.1) is 5.92 Å². The van der Waals surface area contributed by atoms with Gasteiger partial charge in [-0.15, -0.1) is 0 Å². The lowest BCUT2D eigenvalue weighted by Gasteiger charge is -2.36. The van der Waals surface area contributed by atoms with Crippen molar-refractivity contribution >= 4 is 36.2 Å². The SMILES string of the molecule is CCC1(C2C=CC3=C(C2)OCCO3)NC(=O)N(CCCCOc2c(/C=C/c3ccccc3)cc(C(O)(C(F)(F)F)C(F)(F)F)cc2/C=C/c2ccccc2)C1=O. The molecular formula is C42H40F6N2O6. The third-order valence-electron chi connectivity index (χ3n) is 10.1. The van der Waals surface area contributed by atoms with E-state index >= 15 is 0 Å². The molecule has 56 heavy (non-hydrogen) atoms. The number of allylic oxidation sites excluding steroid dienone is 2. The summed E-state index contributed by atoms with van der Waals surface area (Å²) >= 11 is 0. The number of alkyl halides is 6. The lowest BCUT2D eigenvalue weighted by atomic mass is 9.77. The number of carbonyl (C=O) groups is 2. The summed E-state index contributed by atoms with van der Waals surface area (Å²) in [5.74, 6) is 0.431. The molecule has 2 unspecified atom stereocenters. The topological polar surface area (TPSA) is 97.3 Å². The van der Waals surface area contributed by atoms with Crippen molar-refractivity contribution < 1.29 is 55.2 Å². The van der Waals surface area contributed by atoms with Gasteiger partial charge in [-0.05, 0) is 48.6 Å². The quantitative estimate of drug-likeness (QED) is 0.0778. The average molecular weight is 783 g/mol. The maximum absolute atomic E-state index is 14.2. The van der Waals surface area contributed by atoms with Crippen LogP contribution in [0.4, 0.5) is 31.1 Å². The van der Waals surface area contributed by atoms with E-state index in [1.54, 1.807) is 66.7 Å². The van der Waals surface area contributed by atoms with Gasteiger partial charge in [-0.3, -0.25) is 9.69 Å². The number of rotatable bonds is 13. The van der Waals surface area contributed by atoms with Gasteiger partial charge in [-0.2, -0.15) is 26.3 Å². The van der Waals surface area contributed by atoms with Crippen LogP contribution in [0.5, 0.6) is 5.75 Å². The summed E-state index contributed by atoms with van der Waals surface area (Å²) in [7, 11) is 0. The summed E-state index contributed by atoms with van der Waals surface area (Å²) in [5, 5.41) is 13.3. The van der Waals surface area contributed by atoms with Gasteiger partial charge < -0.3 is 24.6 Å². The molecule has 2 atom stereocenters. The van der Waals surface area contributed by atoms with E-state index in [4.69, 9.17) is 14.2 Å². The number of aliphatic hydroxyl groups is 1. The second kappa shape index (κ2) is 16.3. The minimum absolute atomic E-state index is 0.0322. The highest BCUT2D eigenvalue weighted by molar-refractivity contribution is 6.07. The van der Waals surface area contributed by atoms with Crippen LogP contribution in [0.3, 0.4) is 0 Å². The van der Waals surface area contributed by atoms with Crippen LogP contribution >= 0.6 is 0 Å². The molecule has 1 saturated heterocycles. The molecule has 1 aliphatic carbocycles. The van der Waals surface area contributed by atoms with E-state index in [9.17, 15) is 41.0 Å². The molecule has 14 heteroatoms. The van der Waals surface area contributed by atoms with Crippen LogP contribution in [-0.4, -0.2) is 66.2 Å². The molecule has 2 N–H and O–H groups in total. The van der Waals surface area contributed by atoms with Crippen LogP contribution in [-0.2, 0) is 19.9 Å². The van der Waals surface area contributed by atoms with Crippen molar-refractivity contribution in [2.24, 2.45) is 5.92 Å². The number of imide groups is 1. The van der Waals surface area contributed by atoms with Gasteiger partial charge in [0.05, 0.1) is 6.61 Å². The summed E-state index contributed by atoms with van der Waals surface area (Å²) in [5.41, 5.74) is -6.93. The Morgan fingerprint density at radius 3 is 1.98 bits per heavy atom. The Morgan fingerprint density at radius 1 is 0.857 bits per heavy atom. The zero-order valence-corrected chi connectivity index (χ0v) is 30.3. The first kappa shape index (κ1) is 40.2. The minimum Gasteiger partial charge on any atom is -0.492 e. The summed E-state index contributed by atoms with van der Waals surface area (Å²) in [6.45, 7) is 2.57. The molecule has 3 aromatic rings. The molecule has 0 aromatic heterocycles. The molecule has 6 rings (SSSR count). The number of carbonyl (C=O) groups excluding carboxylic acids is 2. The normalized spacial score (nSPS) is 20.4. The number of benzene rings is 3. The number of nitrogens with zero attached hydrogens (tertiary/aromatic N) is 1. The Balaban J connectivity index is 1.25. The molecule has 2 aliphatic heterocycles. The zero-order valence-electron chi connectivity index (χ0n) is 30.3. The monoisotopic (exact) mass is 782 g/mol. The van der Waals surface area contributed by atoms with Crippen LogP contribution in [0.1, 0.15) is 60.4 Å². The van der Waals surface area contributed by atoms with Crippen molar-refractivity contribution in [3.05, 3.63) is 124 Å². The second-order valence-corrected chi connectivity index (χ2v) is 13.6. The van der Waals surface area contributed by atoms with Gasteiger partial charge in [0.1, 0.15) is 30.3 Å². The van der Waals surface area contributed by atoms with E-state index in [2.05, 4.69) is 5.32 Å². The summed E-state index contributed by atoms with van der Waals surface area (Å²) in [6, 6.07) is 17.8. The van der Waals surface area contributed by atoms with E-state index in [1.807, 2.05) is 13.0 Å². The lowest BCUT2D eigenvalue weighted by Crippen LogP contribution is -2.54. The highest BCUT2D eigenvalue weighted by atomic mass is 19.4. The van der Waals surface area contributed by atoms with Crippen LogP contribution in [0.25, 0.3) is 24.3 Å². The van der Waals surface area contributed by atoms with Crippen molar-refractivity contribution in [2.45, 2.75) is 56.1 Å². The van der Waals surface area contributed by atoms with Gasteiger partial charge >= 0.3 is 18.4 Å². The summed E-state index contributed by atoms with van der Waals surface area (Å²) in [4.78, 5) is 28.1. The number of ether oxygens (including phenoxy) is 3. The van der Waals surface area contributed by atoms with Crippen molar-refractivity contribution in [3.63, 3.8) is 0 Å². The summed E-state index contributed by atoms with van der Waals surface area (Å²) < 4.78 is 102. The van der Waals surface area contributed by atoms with E-state index in [0.717, 1.165) is 4.90 Å². The molecule has 0 bridgehead atoms. The van der Waals surface area contributed by atoms with Gasteiger partial charge in [-0.25, -0.2) is 4.79 Å². The largest absolute Gasteiger partial charge is 0.492 e. The number of urea groups is 1. The first-order valence-electron chi connectivity index (χ1n) is 18.1. The third kappa shape index (κ3) is 8.06. The van der Waals surface area contributed by atoms with Gasteiger partial charge in [0.15, 0.2) is 5.76 Å². The van der Waals surface area contributed by atoms with E-state index in [0.29, 0.717) is 60.8 Å². The minimum atomic E-state index is -6.12. The third-order valence-corrected chi connectivity index (χ3v) is 10.1. The Hall–Kier alpha value is -5.50. The lowest BCUT2D eigenvalue weighted by molar-refractivity contribution is -0.376. The van der Waals surface area contributed by atoms with Gasteiger partial charge in [0.2, 0.25) is 0 Å². The molecule has 0 saturated carbocycles. The Bertz CT molecular complexity index is 1940. The number of hydrogen-bond acceptors (Lipinski definition) is 6. The zero-order chi connectivity index (χ0) is 40.1. The van der Waals surface area contributed by atoms with Crippen LogP contribution in [0.2, 0.25) is 0 Å². The molecule has 0 radical (unpaired) electrons. The van der Waals surface area contributed by atoms with E-state index in [-0.39, 0.29) is 54.7 Å². The number of unbranched alkanes of at least 4 members (excludes halogenated alkanes) is 1. The molecule has 1 fully saturated rings. The average Bonchev–Trinajstić information content (AvgIpc) is 3.44. The summed E-state index contributed by atoms with van der Waals surface area (Å²) in [6.07, 6.45) is -1.77. The maximum atomic E-state index is 14.2. The van der Waals surface area contributed by atoms with Crippen molar-refractivity contribution in [1.29, 1.82) is 0 Å². The molecule has 3 aliphatic rings. The fraction of sp³-hybridized carbons (Fsp3) is 0.333. The fourth-order valence-corrected chi connectivity index (χ4v) is 7.01. The Labute approximate surface area is 319 Å². The molecular weight excluding hydrogens is 742 g/mol. The standard InChI is InChI=1S/C42H40F6N2O6/c1-2-39(32-19-20-34-35(27-32)55-24-23-54-34)37(51)50(38(52)49-39)21-9-10-22-56-36-30(17-15-28-11-5-3-6-12-28)25-33(40(53,41(43,44)45)42(46,47)48)26-31(36)18-16-29-13-7-4-8-14-29/h3-8,11-20,25-26,32,53H,2,9-10,21-24,27H2,1H3,(H,49,52)/b17-15+,18-16+. The van der Waals surface area contributed by atoms with Crippen molar-refractivity contribution in [2.75, 3.05) is 26.4 Å². The molecule has 296 valence electrons. The van der Waals surface area contributed by atoms with Gasteiger partial charge in [0.25, 0.3) is 11.5 Å². The number of amides is 3. The molecule has 8 nitrogen and oxygen atoms in total. The molecule has 3 aromatic carbocycles. The van der Waals surface area contributed by atoms with E-state index < -0.39 is 35.1 Å². The number of hydrogen-bond donors (Lipinski definition) is 2. The Morgan fingerprint density at radius 2 is 1.43 bits per heavy atom. The second-order valence-electron chi connectivity index (χ2n) is 13.6. The first-order valence-corrected chi connectivity index (χ1v) is 18.1. The molecule has 3 amide bonds. The van der Waals surface area contributed by atoms with E-state index in [1.165, 1.54) is 24.3 Å². The fourth-order valence-electron chi connectivity index (χ4n) is 7.01.